The molecule has 1 aliphatic heterocycles. The molecule has 0 N–H and O–H groups in total. The molecular weight excluding hydrogens is 402 g/mol. The molecule has 8 heteroatoms. The smallest absolute Gasteiger partial charge is 0.236 e. The van der Waals surface area contributed by atoms with Crippen LogP contribution in [-0.2, 0) is 10.0 Å². The highest BCUT2D eigenvalue weighted by Crippen LogP contribution is 2.39. The van der Waals surface area contributed by atoms with E-state index in [2.05, 4.69) is 10.1 Å². The Morgan fingerprint density at radius 3 is 2.81 bits per heavy atom. The summed E-state index contributed by atoms with van der Waals surface area (Å²) >= 11 is 8.02. The summed E-state index contributed by atoms with van der Waals surface area (Å²) in [7, 11) is -3.53. The number of thiophene rings is 1. The molecule has 0 fully saturated rings. The molecule has 4 rings (SSSR count). The summed E-state index contributed by atoms with van der Waals surface area (Å²) in [6, 6.07) is 11.3. The van der Waals surface area contributed by atoms with Crippen molar-refractivity contribution in [2.75, 3.05) is 5.75 Å². The molecule has 140 valence electrons. The summed E-state index contributed by atoms with van der Waals surface area (Å²) in [4.78, 5) is 5.45. The lowest BCUT2D eigenvalue weighted by atomic mass is 10.0. The van der Waals surface area contributed by atoms with Crippen LogP contribution in [0.4, 0.5) is 0 Å². The first-order valence-corrected chi connectivity index (χ1v) is 11.5. The third-order valence-electron chi connectivity index (χ3n) is 4.64. The molecule has 2 aromatic heterocycles. The van der Waals surface area contributed by atoms with Crippen LogP contribution in [0.15, 0.2) is 46.9 Å². The minimum Gasteiger partial charge on any atom is -0.236 e. The number of halogens is 1. The van der Waals surface area contributed by atoms with Crippen molar-refractivity contribution < 1.29 is 8.42 Å². The number of hydrogen-bond acceptors (Lipinski definition) is 5. The van der Waals surface area contributed by atoms with E-state index < -0.39 is 16.1 Å². The zero-order chi connectivity index (χ0) is 19.2. The molecule has 1 atom stereocenters. The van der Waals surface area contributed by atoms with Crippen molar-refractivity contribution in [1.82, 2.24) is 9.40 Å². The van der Waals surface area contributed by atoms with Crippen LogP contribution < -0.4 is 0 Å². The zero-order valence-corrected chi connectivity index (χ0v) is 17.3. The van der Waals surface area contributed by atoms with Crippen molar-refractivity contribution in [2.24, 2.45) is 5.10 Å². The van der Waals surface area contributed by atoms with Crippen molar-refractivity contribution in [3.8, 4) is 0 Å². The van der Waals surface area contributed by atoms with Crippen LogP contribution in [-0.4, -0.2) is 29.3 Å². The van der Waals surface area contributed by atoms with E-state index in [0.717, 1.165) is 27.1 Å². The van der Waals surface area contributed by atoms with Crippen molar-refractivity contribution in [3.05, 3.63) is 62.9 Å². The van der Waals surface area contributed by atoms with Crippen LogP contribution in [0.2, 0.25) is 5.15 Å². The average Bonchev–Trinajstić information content (AvgIpc) is 3.31. The fraction of sp³-hybridized carbons (Fsp3) is 0.263. The minimum absolute atomic E-state index is 0.0253. The summed E-state index contributed by atoms with van der Waals surface area (Å²) in [6.07, 6.45) is 0.471. The predicted molar refractivity (Wildman–Crippen MR) is 111 cm³/mol. The third kappa shape index (κ3) is 3.35. The standard InChI is InChI=1S/C19H18ClN3O2S2/c1-3-27(24,25)23-17(11-16(22-23)18-5-4-8-26-18)14-10-13-9-12(2)6-7-15(13)21-19(14)20/h4-10,17H,3,11H2,1-2H3/t17-/m0/s1. The van der Waals surface area contributed by atoms with E-state index in [1.807, 2.05) is 48.7 Å². The van der Waals surface area contributed by atoms with E-state index in [-0.39, 0.29) is 5.75 Å². The van der Waals surface area contributed by atoms with Gasteiger partial charge in [-0.3, -0.25) is 0 Å². The molecule has 27 heavy (non-hydrogen) atoms. The number of hydrogen-bond donors (Lipinski definition) is 0. The molecule has 0 unspecified atom stereocenters. The summed E-state index contributed by atoms with van der Waals surface area (Å²) < 4.78 is 26.6. The van der Waals surface area contributed by atoms with Crippen LogP contribution in [0.1, 0.15) is 35.4 Å². The van der Waals surface area contributed by atoms with Crippen molar-refractivity contribution in [2.45, 2.75) is 26.3 Å². The van der Waals surface area contributed by atoms with Gasteiger partial charge in [0.05, 0.1) is 27.9 Å². The average molecular weight is 420 g/mol. The number of benzene rings is 1. The molecule has 1 aromatic carbocycles. The first-order chi connectivity index (χ1) is 12.9. The molecule has 1 aliphatic rings. The van der Waals surface area contributed by atoms with Gasteiger partial charge in [0.1, 0.15) is 5.15 Å². The van der Waals surface area contributed by atoms with E-state index in [1.54, 1.807) is 18.3 Å². The maximum Gasteiger partial charge on any atom is 0.250 e. The molecule has 0 amide bonds. The lowest BCUT2D eigenvalue weighted by Gasteiger charge is -2.23. The highest BCUT2D eigenvalue weighted by molar-refractivity contribution is 7.89. The van der Waals surface area contributed by atoms with Crippen LogP contribution in [0.3, 0.4) is 0 Å². The Morgan fingerprint density at radius 2 is 2.11 bits per heavy atom. The van der Waals surface area contributed by atoms with Gasteiger partial charge in [0, 0.05) is 17.4 Å². The quantitative estimate of drug-likeness (QED) is 0.573. The van der Waals surface area contributed by atoms with Gasteiger partial charge in [-0.05, 0) is 43.5 Å². The van der Waals surface area contributed by atoms with Gasteiger partial charge in [0.2, 0.25) is 10.0 Å². The summed E-state index contributed by atoms with van der Waals surface area (Å²) in [6.45, 7) is 3.63. The molecule has 0 radical (unpaired) electrons. The number of hydrazone groups is 1. The molecule has 3 heterocycles. The fourth-order valence-corrected chi connectivity index (χ4v) is 5.28. The Balaban J connectivity index is 1.84. The summed E-state index contributed by atoms with van der Waals surface area (Å²) in [5, 5.41) is 7.66. The molecule has 5 nitrogen and oxygen atoms in total. The van der Waals surface area contributed by atoms with Gasteiger partial charge < -0.3 is 0 Å². The largest absolute Gasteiger partial charge is 0.250 e. The van der Waals surface area contributed by atoms with Crippen LogP contribution in [0.25, 0.3) is 10.9 Å². The Kier molecular flexibility index (Phi) is 4.70. The highest BCUT2D eigenvalue weighted by Gasteiger charge is 2.37. The maximum absolute atomic E-state index is 12.7. The minimum atomic E-state index is -3.53. The molecule has 0 spiro atoms. The Labute approximate surface area is 167 Å². The number of aryl methyl sites for hydroxylation is 1. The van der Waals surface area contributed by atoms with Crippen LogP contribution >= 0.6 is 22.9 Å². The number of nitrogens with zero attached hydrogens (tertiary/aromatic N) is 3. The van der Waals surface area contributed by atoms with Gasteiger partial charge in [0.25, 0.3) is 0 Å². The third-order valence-corrected chi connectivity index (χ3v) is 7.50. The topological polar surface area (TPSA) is 62.6 Å². The number of rotatable bonds is 4. The van der Waals surface area contributed by atoms with E-state index in [4.69, 9.17) is 11.6 Å². The number of fused-ring (bicyclic) bond motifs is 1. The van der Waals surface area contributed by atoms with Crippen LogP contribution in [0, 0.1) is 6.92 Å². The van der Waals surface area contributed by atoms with E-state index in [0.29, 0.717) is 17.1 Å². The second kappa shape index (κ2) is 6.89. The fourth-order valence-electron chi connectivity index (χ4n) is 3.22. The number of aromatic nitrogens is 1. The van der Waals surface area contributed by atoms with Gasteiger partial charge in [-0.15, -0.1) is 11.3 Å². The van der Waals surface area contributed by atoms with E-state index in [9.17, 15) is 8.42 Å². The van der Waals surface area contributed by atoms with Gasteiger partial charge in [-0.1, -0.05) is 29.3 Å². The van der Waals surface area contributed by atoms with Gasteiger partial charge in [0.15, 0.2) is 0 Å². The Morgan fingerprint density at radius 1 is 1.30 bits per heavy atom. The summed E-state index contributed by atoms with van der Waals surface area (Å²) in [5.74, 6) is -0.0253. The van der Waals surface area contributed by atoms with Gasteiger partial charge >= 0.3 is 0 Å². The molecular formula is C19H18ClN3O2S2. The molecule has 0 bridgehead atoms. The normalized spacial score (nSPS) is 17.5. The summed E-state index contributed by atoms with van der Waals surface area (Å²) in [5.41, 5.74) is 3.34. The van der Waals surface area contributed by atoms with Crippen molar-refractivity contribution in [1.29, 1.82) is 0 Å². The predicted octanol–water partition coefficient (Wildman–Crippen LogP) is 4.76. The molecule has 3 aromatic rings. The Hall–Kier alpha value is -1.96. The second-order valence-electron chi connectivity index (χ2n) is 6.48. The molecule has 0 saturated heterocycles. The monoisotopic (exact) mass is 419 g/mol. The number of pyridine rings is 1. The van der Waals surface area contributed by atoms with E-state index >= 15 is 0 Å². The Bertz CT molecular complexity index is 1140. The van der Waals surface area contributed by atoms with Crippen LogP contribution in [0.5, 0.6) is 0 Å². The van der Waals surface area contributed by atoms with E-state index in [1.165, 1.54) is 4.41 Å². The highest BCUT2D eigenvalue weighted by atomic mass is 35.5. The van der Waals surface area contributed by atoms with Crippen molar-refractivity contribution >= 4 is 49.6 Å². The first kappa shape index (κ1) is 18.4. The zero-order valence-electron chi connectivity index (χ0n) is 14.9. The van der Waals surface area contributed by atoms with Crippen molar-refractivity contribution in [3.63, 3.8) is 0 Å². The second-order valence-corrected chi connectivity index (χ2v) is 9.90. The molecule has 0 saturated carbocycles. The maximum atomic E-state index is 12.7. The van der Waals surface area contributed by atoms with Gasteiger partial charge in [-0.2, -0.15) is 9.52 Å². The van der Waals surface area contributed by atoms with Gasteiger partial charge in [-0.25, -0.2) is 13.4 Å². The lowest BCUT2D eigenvalue weighted by Crippen LogP contribution is -2.28. The SMILES string of the molecule is CCS(=O)(=O)N1N=C(c2cccs2)C[C@H]1c1cc2cc(C)ccc2nc1Cl. The molecule has 0 aliphatic carbocycles. The lowest BCUT2D eigenvalue weighted by molar-refractivity contribution is 0.372. The number of sulfonamides is 1. The first-order valence-electron chi connectivity index (χ1n) is 8.59.